The molecule has 0 fully saturated rings. The van der Waals surface area contributed by atoms with Crippen LogP contribution in [-0.2, 0) is 18.2 Å². The van der Waals surface area contributed by atoms with Gasteiger partial charge >= 0.3 is 0 Å². The maximum Gasteiger partial charge on any atom is 0.108 e. The van der Waals surface area contributed by atoms with Crippen molar-refractivity contribution in [2.45, 2.75) is 31.8 Å². The first-order chi connectivity index (χ1) is 7.24. The highest BCUT2D eigenvalue weighted by Crippen LogP contribution is 2.06. The van der Waals surface area contributed by atoms with Crippen molar-refractivity contribution in [1.82, 2.24) is 9.55 Å². The summed E-state index contributed by atoms with van der Waals surface area (Å²) in [7, 11) is 3.65. The monoisotopic (exact) mass is 212 g/mol. The van der Waals surface area contributed by atoms with Crippen molar-refractivity contribution in [3.05, 3.63) is 18.2 Å². The zero-order chi connectivity index (χ0) is 11.1. The van der Waals surface area contributed by atoms with E-state index in [9.17, 15) is 5.11 Å². The molecule has 15 heavy (non-hydrogen) atoms. The number of hydrogen-bond donors (Lipinski definition) is 1. The minimum absolute atomic E-state index is 0.239. The number of ether oxygens (including phenoxy) is 1. The van der Waals surface area contributed by atoms with E-state index in [4.69, 9.17) is 4.74 Å². The highest BCUT2D eigenvalue weighted by molar-refractivity contribution is 4.91. The highest BCUT2D eigenvalue weighted by atomic mass is 16.5. The fraction of sp³-hybridized carbons (Fsp3) is 0.727. The molecule has 1 unspecified atom stereocenters. The molecule has 0 aliphatic rings. The molecule has 86 valence electrons. The Kier molecular flexibility index (Phi) is 5.36. The Labute approximate surface area is 90.9 Å². The standard InChI is InChI=1S/C11H20N2O2/c1-13-8-7-12-11(13)6-5-10(14)4-3-9-15-2/h7-8,10,14H,3-6,9H2,1-2H3. The van der Waals surface area contributed by atoms with E-state index in [2.05, 4.69) is 4.98 Å². The Bertz CT molecular complexity index is 273. The second kappa shape index (κ2) is 6.58. The SMILES string of the molecule is COCCCC(O)CCc1nccn1C. The first kappa shape index (κ1) is 12.2. The van der Waals surface area contributed by atoms with E-state index in [0.717, 1.165) is 38.1 Å². The molecule has 4 heteroatoms. The fourth-order valence-corrected chi connectivity index (χ4v) is 1.54. The summed E-state index contributed by atoms with van der Waals surface area (Å²) in [6.45, 7) is 0.722. The summed E-state index contributed by atoms with van der Waals surface area (Å²) in [5.41, 5.74) is 0. The molecule has 0 radical (unpaired) electrons. The van der Waals surface area contributed by atoms with Crippen LogP contribution >= 0.6 is 0 Å². The summed E-state index contributed by atoms with van der Waals surface area (Å²) >= 11 is 0. The Hall–Kier alpha value is -0.870. The summed E-state index contributed by atoms with van der Waals surface area (Å²) in [5.74, 6) is 1.03. The third-order valence-corrected chi connectivity index (χ3v) is 2.51. The van der Waals surface area contributed by atoms with Crippen LogP contribution in [0.25, 0.3) is 0 Å². The van der Waals surface area contributed by atoms with Gasteiger partial charge in [0.05, 0.1) is 6.10 Å². The van der Waals surface area contributed by atoms with Gasteiger partial charge in [0.1, 0.15) is 5.82 Å². The number of rotatable bonds is 7. The van der Waals surface area contributed by atoms with Crippen molar-refractivity contribution in [2.75, 3.05) is 13.7 Å². The molecule has 1 aromatic heterocycles. The van der Waals surface area contributed by atoms with Gasteiger partial charge in [-0.2, -0.15) is 0 Å². The van der Waals surface area contributed by atoms with E-state index >= 15 is 0 Å². The molecule has 0 saturated carbocycles. The molecule has 0 saturated heterocycles. The smallest absolute Gasteiger partial charge is 0.108 e. The van der Waals surface area contributed by atoms with Crippen LogP contribution in [0.3, 0.4) is 0 Å². The molecule has 1 atom stereocenters. The van der Waals surface area contributed by atoms with Crippen LogP contribution < -0.4 is 0 Å². The number of methoxy groups -OCH3 is 1. The summed E-state index contributed by atoms with van der Waals surface area (Å²) in [4.78, 5) is 4.21. The van der Waals surface area contributed by atoms with Gasteiger partial charge < -0.3 is 14.4 Å². The van der Waals surface area contributed by atoms with Crippen LogP contribution in [0.2, 0.25) is 0 Å². The largest absolute Gasteiger partial charge is 0.393 e. The minimum atomic E-state index is -0.239. The predicted octanol–water partition coefficient (Wildman–Crippen LogP) is 1.14. The molecule has 1 aromatic rings. The van der Waals surface area contributed by atoms with Crippen LogP contribution in [0.1, 0.15) is 25.1 Å². The highest BCUT2D eigenvalue weighted by Gasteiger charge is 2.06. The predicted molar refractivity (Wildman–Crippen MR) is 58.6 cm³/mol. The first-order valence-corrected chi connectivity index (χ1v) is 5.37. The Morgan fingerprint density at radius 2 is 2.33 bits per heavy atom. The summed E-state index contributed by atoms with van der Waals surface area (Å²) in [6.07, 6.45) is 6.79. The number of hydrogen-bond acceptors (Lipinski definition) is 3. The molecule has 1 N–H and O–H groups in total. The number of aromatic nitrogens is 2. The zero-order valence-corrected chi connectivity index (χ0v) is 9.52. The summed E-state index contributed by atoms with van der Waals surface area (Å²) < 4.78 is 6.92. The van der Waals surface area contributed by atoms with Crippen molar-refractivity contribution < 1.29 is 9.84 Å². The molecule has 0 aliphatic heterocycles. The van der Waals surface area contributed by atoms with Crippen LogP contribution in [0.15, 0.2) is 12.4 Å². The van der Waals surface area contributed by atoms with E-state index in [0.29, 0.717) is 0 Å². The summed E-state index contributed by atoms with van der Waals surface area (Å²) in [6, 6.07) is 0. The second-order valence-corrected chi connectivity index (χ2v) is 3.78. The van der Waals surface area contributed by atoms with Crippen molar-refractivity contribution in [1.29, 1.82) is 0 Å². The Balaban J connectivity index is 2.16. The molecule has 0 aromatic carbocycles. The van der Waals surface area contributed by atoms with Gasteiger partial charge in [-0.3, -0.25) is 0 Å². The zero-order valence-electron chi connectivity index (χ0n) is 9.52. The van der Waals surface area contributed by atoms with Crippen LogP contribution in [0.5, 0.6) is 0 Å². The van der Waals surface area contributed by atoms with E-state index in [1.165, 1.54) is 0 Å². The molecule has 0 amide bonds. The molecular formula is C11H20N2O2. The average molecular weight is 212 g/mol. The van der Waals surface area contributed by atoms with E-state index in [-0.39, 0.29) is 6.10 Å². The van der Waals surface area contributed by atoms with E-state index < -0.39 is 0 Å². The number of aryl methyl sites for hydroxylation is 2. The fourth-order valence-electron chi connectivity index (χ4n) is 1.54. The third-order valence-electron chi connectivity index (χ3n) is 2.51. The topological polar surface area (TPSA) is 47.3 Å². The maximum atomic E-state index is 9.67. The lowest BCUT2D eigenvalue weighted by atomic mass is 10.1. The number of nitrogens with zero attached hydrogens (tertiary/aromatic N) is 2. The number of imidazole rings is 1. The average Bonchev–Trinajstić information content (AvgIpc) is 2.61. The van der Waals surface area contributed by atoms with E-state index in [1.54, 1.807) is 13.3 Å². The van der Waals surface area contributed by atoms with Gasteiger partial charge in [0.25, 0.3) is 0 Å². The van der Waals surface area contributed by atoms with Crippen molar-refractivity contribution >= 4 is 0 Å². The van der Waals surface area contributed by atoms with Crippen molar-refractivity contribution in [2.24, 2.45) is 7.05 Å². The number of aliphatic hydroxyl groups excluding tert-OH is 1. The van der Waals surface area contributed by atoms with Crippen LogP contribution in [-0.4, -0.2) is 34.5 Å². The Morgan fingerprint density at radius 1 is 1.53 bits per heavy atom. The lowest BCUT2D eigenvalue weighted by molar-refractivity contribution is 0.128. The van der Waals surface area contributed by atoms with Gasteiger partial charge in [-0.15, -0.1) is 0 Å². The van der Waals surface area contributed by atoms with Gasteiger partial charge in [0, 0.05) is 39.6 Å². The molecule has 4 nitrogen and oxygen atoms in total. The second-order valence-electron chi connectivity index (χ2n) is 3.78. The molecule has 0 bridgehead atoms. The first-order valence-electron chi connectivity index (χ1n) is 5.37. The quantitative estimate of drug-likeness (QED) is 0.689. The van der Waals surface area contributed by atoms with Crippen LogP contribution in [0.4, 0.5) is 0 Å². The third kappa shape index (κ3) is 4.44. The van der Waals surface area contributed by atoms with E-state index in [1.807, 2.05) is 17.8 Å². The minimum Gasteiger partial charge on any atom is -0.393 e. The Morgan fingerprint density at radius 3 is 2.93 bits per heavy atom. The molecular weight excluding hydrogens is 192 g/mol. The molecule has 1 rings (SSSR count). The lowest BCUT2D eigenvalue weighted by Crippen LogP contribution is -2.10. The molecule has 0 aliphatic carbocycles. The van der Waals surface area contributed by atoms with Gasteiger partial charge in [0.2, 0.25) is 0 Å². The van der Waals surface area contributed by atoms with Crippen molar-refractivity contribution in [3.8, 4) is 0 Å². The van der Waals surface area contributed by atoms with Crippen LogP contribution in [0, 0.1) is 0 Å². The molecule has 1 heterocycles. The number of aliphatic hydroxyl groups is 1. The van der Waals surface area contributed by atoms with Gasteiger partial charge in [-0.1, -0.05) is 0 Å². The van der Waals surface area contributed by atoms with Gasteiger partial charge in [-0.25, -0.2) is 4.98 Å². The molecule has 0 spiro atoms. The van der Waals surface area contributed by atoms with Gasteiger partial charge in [0.15, 0.2) is 0 Å². The lowest BCUT2D eigenvalue weighted by Gasteiger charge is -2.09. The normalized spacial score (nSPS) is 13.0. The summed E-state index contributed by atoms with van der Waals surface area (Å²) in [5, 5.41) is 9.67. The maximum absolute atomic E-state index is 9.67. The van der Waals surface area contributed by atoms with Crippen molar-refractivity contribution in [3.63, 3.8) is 0 Å². The van der Waals surface area contributed by atoms with Gasteiger partial charge in [-0.05, 0) is 19.3 Å².